The van der Waals surface area contributed by atoms with Gasteiger partial charge < -0.3 is 10.1 Å². The molecule has 1 aromatic rings. The molecule has 0 saturated carbocycles. The first-order valence-electron chi connectivity index (χ1n) is 4.56. The minimum Gasteiger partial charge on any atom is -0.496 e. The second-order valence-corrected chi connectivity index (χ2v) is 3.16. The van der Waals surface area contributed by atoms with Crippen molar-refractivity contribution in [2.45, 2.75) is 13.3 Å². The zero-order valence-electron chi connectivity index (χ0n) is 8.55. The summed E-state index contributed by atoms with van der Waals surface area (Å²) >= 11 is 0. The zero-order valence-corrected chi connectivity index (χ0v) is 8.55. The van der Waals surface area contributed by atoms with Crippen molar-refractivity contribution in [3.63, 3.8) is 0 Å². The summed E-state index contributed by atoms with van der Waals surface area (Å²) in [6.45, 7) is 3.09. The largest absolute Gasteiger partial charge is 0.496 e. The molecule has 0 unspecified atom stereocenters. The third-order valence-electron chi connectivity index (χ3n) is 2.12. The van der Waals surface area contributed by atoms with Gasteiger partial charge >= 0.3 is 0 Å². The molecule has 2 nitrogen and oxygen atoms in total. The summed E-state index contributed by atoms with van der Waals surface area (Å²) in [6.07, 6.45) is 1.07. The molecule has 0 atom stereocenters. The average Bonchev–Trinajstić information content (AvgIpc) is 2.15. The van der Waals surface area contributed by atoms with Crippen molar-refractivity contribution < 1.29 is 4.74 Å². The molecular formula is C11H17NO. The third kappa shape index (κ3) is 2.74. The van der Waals surface area contributed by atoms with E-state index in [1.54, 1.807) is 7.11 Å². The molecule has 0 aliphatic heterocycles. The van der Waals surface area contributed by atoms with Crippen LogP contribution in [0.15, 0.2) is 18.2 Å². The Labute approximate surface area is 79.9 Å². The Kier molecular flexibility index (Phi) is 3.77. The molecule has 2 heteroatoms. The van der Waals surface area contributed by atoms with Crippen molar-refractivity contribution in [2.24, 2.45) is 0 Å². The van der Waals surface area contributed by atoms with Crippen molar-refractivity contribution in [3.05, 3.63) is 29.3 Å². The smallest absolute Gasteiger partial charge is 0.121 e. The van der Waals surface area contributed by atoms with Crippen LogP contribution in [0.2, 0.25) is 0 Å². The van der Waals surface area contributed by atoms with E-state index >= 15 is 0 Å². The summed E-state index contributed by atoms with van der Waals surface area (Å²) in [5.74, 6) is 0.966. The first kappa shape index (κ1) is 10.1. The summed E-state index contributed by atoms with van der Waals surface area (Å²) in [4.78, 5) is 0. The van der Waals surface area contributed by atoms with Crippen molar-refractivity contribution in [1.82, 2.24) is 5.32 Å². The van der Waals surface area contributed by atoms with Gasteiger partial charge in [-0.05, 0) is 44.1 Å². The van der Waals surface area contributed by atoms with Gasteiger partial charge in [-0.15, -0.1) is 0 Å². The molecule has 0 aliphatic rings. The van der Waals surface area contributed by atoms with Crippen LogP contribution in [0.1, 0.15) is 11.1 Å². The number of benzene rings is 1. The predicted octanol–water partition coefficient (Wildman–Crippen LogP) is 1.77. The standard InChI is InChI=1S/C11H17NO/c1-9-8-10(6-7-12-2)4-5-11(9)13-3/h4-5,8,12H,6-7H2,1-3H3. The highest BCUT2D eigenvalue weighted by Gasteiger charge is 1.98. The van der Waals surface area contributed by atoms with Gasteiger partial charge in [0.25, 0.3) is 0 Å². The van der Waals surface area contributed by atoms with Crippen LogP contribution < -0.4 is 10.1 Å². The van der Waals surface area contributed by atoms with Crippen LogP contribution >= 0.6 is 0 Å². The molecule has 0 bridgehead atoms. The summed E-state index contributed by atoms with van der Waals surface area (Å²) in [5, 5.41) is 3.13. The highest BCUT2D eigenvalue weighted by atomic mass is 16.5. The Bertz CT molecular complexity index is 271. The lowest BCUT2D eigenvalue weighted by Crippen LogP contribution is -2.10. The normalized spacial score (nSPS) is 10.1. The van der Waals surface area contributed by atoms with Crippen molar-refractivity contribution >= 4 is 0 Å². The Morgan fingerprint density at radius 2 is 2.15 bits per heavy atom. The van der Waals surface area contributed by atoms with Gasteiger partial charge in [0.05, 0.1) is 7.11 Å². The number of hydrogen-bond acceptors (Lipinski definition) is 2. The highest BCUT2D eigenvalue weighted by Crippen LogP contribution is 2.18. The lowest BCUT2D eigenvalue weighted by Gasteiger charge is -2.06. The molecule has 0 heterocycles. The van der Waals surface area contributed by atoms with Gasteiger partial charge in [-0.25, -0.2) is 0 Å². The molecule has 0 amide bonds. The number of aryl methyl sites for hydroxylation is 1. The van der Waals surface area contributed by atoms with E-state index in [0.717, 1.165) is 18.7 Å². The molecule has 0 aliphatic carbocycles. The van der Waals surface area contributed by atoms with E-state index in [9.17, 15) is 0 Å². The molecule has 0 fully saturated rings. The Morgan fingerprint density at radius 3 is 2.69 bits per heavy atom. The molecule has 1 rings (SSSR count). The van der Waals surface area contributed by atoms with Crippen LogP contribution in [0.3, 0.4) is 0 Å². The zero-order chi connectivity index (χ0) is 9.68. The van der Waals surface area contributed by atoms with Crippen molar-refractivity contribution in [2.75, 3.05) is 20.7 Å². The maximum atomic E-state index is 5.19. The van der Waals surface area contributed by atoms with E-state index in [1.165, 1.54) is 11.1 Å². The minimum absolute atomic E-state index is 0.966. The fraction of sp³-hybridized carbons (Fsp3) is 0.455. The third-order valence-corrected chi connectivity index (χ3v) is 2.12. The molecule has 0 radical (unpaired) electrons. The summed E-state index contributed by atoms with van der Waals surface area (Å²) in [7, 11) is 3.67. The number of likely N-dealkylation sites (N-methyl/N-ethyl adjacent to an activating group) is 1. The summed E-state index contributed by atoms with van der Waals surface area (Å²) < 4.78 is 5.19. The van der Waals surface area contributed by atoms with Gasteiger partial charge in [-0.1, -0.05) is 12.1 Å². The van der Waals surface area contributed by atoms with Crippen LogP contribution in [0.25, 0.3) is 0 Å². The fourth-order valence-electron chi connectivity index (χ4n) is 1.37. The van der Waals surface area contributed by atoms with Gasteiger partial charge in [-0.2, -0.15) is 0 Å². The van der Waals surface area contributed by atoms with Gasteiger partial charge in [0.1, 0.15) is 5.75 Å². The second kappa shape index (κ2) is 4.87. The molecule has 1 aromatic carbocycles. The molecule has 0 saturated heterocycles. The molecular weight excluding hydrogens is 162 g/mol. The Hall–Kier alpha value is -1.02. The second-order valence-electron chi connectivity index (χ2n) is 3.16. The monoisotopic (exact) mass is 179 g/mol. The van der Waals surface area contributed by atoms with E-state index < -0.39 is 0 Å². The summed E-state index contributed by atoms with van der Waals surface area (Å²) in [5.41, 5.74) is 2.56. The molecule has 0 spiro atoms. The highest BCUT2D eigenvalue weighted by molar-refractivity contribution is 5.36. The van der Waals surface area contributed by atoms with Crippen LogP contribution in [0, 0.1) is 6.92 Å². The fourth-order valence-corrected chi connectivity index (χ4v) is 1.37. The van der Waals surface area contributed by atoms with E-state index in [1.807, 2.05) is 13.1 Å². The lowest BCUT2D eigenvalue weighted by atomic mass is 10.1. The lowest BCUT2D eigenvalue weighted by molar-refractivity contribution is 0.411. The quantitative estimate of drug-likeness (QED) is 0.760. The minimum atomic E-state index is 0.966. The SMILES string of the molecule is CNCCc1ccc(OC)c(C)c1. The molecule has 72 valence electrons. The number of rotatable bonds is 4. The topological polar surface area (TPSA) is 21.3 Å². The number of ether oxygens (including phenoxy) is 1. The van der Waals surface area contributed by atoms with E-state index in [4.69, 9.17) is 4.74 Å². The molecule has 13 heavy (non-hydrogen) atoms. The van der Waals surface area contributed by atoms with Crippen LogP contribution in [-0.4, -0.2) is 20.7 Å². The van der Waals surface area contributed by atoms with Gasteiger partial charge in [0, 0.05) is 0 Å². The Morgan fingerprint density at radius 1 is 1.38 bits per heavy atom. The van der Waals surface area contributed by atoms with E-state index in [2.05, 4.69) is 24.4 Å². The van der Waals surface area contributed by atoms with Crippen LogP contribution in [0.4, 0.5) is 0 Å². The van der Waals surface area contributed by atoms with Crippen LogP contribution in [-0.2, 0) is 6.42 Å². The van der Waals surface area contributed by atoms with Gasteiger partial charge in [0.2, 0.25) is 0 Å². The Balaban J connectivity index is 2.71. The number of methoxy groups -OCH3 is 1. The number of hydrogen-bond donors (Lipinski definition) is 1. The maximum absolute atomic E-state index is 5.19. The first-order valence-corrected chi connectivity index (χ1v) is 4.56. The van der Waals surface area contributed by atoms with Gasteiger partial charge in [0.15, 0.2) is 0 Å². The molecule has 0 aromatic heterocycles. The van der Waals surface area contributed by atoms with Crippen molar-refractivity contribution in [1.29, 1.82) is 0 Å². The first-order chi connectivity index (χ1) is 6.27. The van der Waals surface area contributed by atoms with Crippen molar-refractivity contribution in [3.8, 4) is 5.75 Å². The van der Waals surface area contributed by atoms with Crippen LogP contribution in [0.5, 0.6) is 5.75 Å². The van der Waals surface area contributed by atoms with Gasteiger partial charge in [-0.3, -0.25) is 0 Å². The van der Waals surface area contributed by atoms with E-state index in [-0.39, 0.29) is 0 Å². The molecule has 1 N–H and O–H groups in total. The summed E-state index contributed by atoms with van der Waals surface area (Å²) in [6, 6.07) is 6.32. The number of nitrogens with one attached hydrogen (secondary N) is 1. The predicted molar refractivity (Wildman–Crippen MR) is 55.4 cm³/mol. The maximum Gasteiger partial charge on any atom is 0.121 e. The average molecular weight is 179 g/mol. The van der Waals surface area contributed by atoms with E-state index in [0.29, 0.717) is 0 Å².